The number of morpholine rings is 1. The number of benzene rings is 2. The maximum Gasteiger partial charge on any atom is 0.264 e. The average molecular weight is 434 g/mol. The van der Waals surface area contributed by atoms with Gasteiger partial charge in [0.1, 0.15) is 11.6 Å². The van der Waals surface area contributed by atoms with E-state index in [9.17, 15) is 13.6 Å². The van der Waals surface area contributed by atoms with E-state index < -0.39 is 11.6 Å². The van der Waals surface area contributed by atoms with Crippen molar-refractivity contribution in [3.8, 4) is 0 Å². The Morgan fingerprint density at radius 2 is 1.70 bits per heavy atom. The van der Waals surface area contributed by atoms with Gasteiger partial charge in [0.05, 0.1) is 18.1 Å². The highest BCUT2D eigenvalue weighted by molar-refractivity contribution is 7.20. The Morgan fingerprint density at radius 1 is 1.00 bits per heavy atom. The highest BCUT2D eigenvalue weighted by atomic mass is 32.1. The maximum atomic E-state index is 14.0. The van der Waals surface area contributed by atoms with Crippen molar-refractivity contribution < 1.29 is 18.3 Å². The fourth-order valence-electron chi connectivity index (χ4n) is 3.17. The minimum absolute atomic E-state index is 0.00779. The van der Waals surface area contributed by atoms with Crippen LogP contribution in [0.4, 0.5) is 8.78 Å². The van der Waals surface area contributed by atoms with E-state index in [1.165, 1.54) is 23.5 Å². The van der Waals surface area contributed by atoms with Crippen LogP contribution in [0.2, 0.25) is 0 Å². The van der Waals surface area contributed by atoms with Gasteiger partial charge in [-0.2, -0.15) is 0 Å². The molecule has 162 valence electrons. The predicted octanol–water partition coefficient (Wildman–Crippen LogP) is 6.30. The summed E-state index contributed by atoms with van der Waals surface area (Å²) in [6.07, 6.45) is 0.353. The number of hydrogen-bond donors (Lipinski definition) is 0. The number of carbonyl (C=O) groups is 1. The third kappa shape index (κ3) is 5.64. The van der Waals surface area contributed by atoms with Crippen LogP contribution in [-0.4, -0.2) is 37.1 Å². The molecule has 0 N–H and O–H groups in total. The molecule has 1 aliphatic heterocycles. The van der Waals surface area contributed by atoms with E-state index in [0.717, 1.165) is 21.7 Å². The van der Waals surface area contributed by atoms with Crippen molar-refractivity contribution in [3.63, 3.8) is 0 Å². The van der Waals surface area contributed by atoms with Gasteiger partial charge in [-0.25, -0.2) is 8.78 Å². The molecule has 1 amide bonds. The summed E-state index contributed by atoms with van der Waals surface area (Å²) in [7, 11) is 0. The molecular formula is C24H29F2NO2S. The first-order valence-electron chi connectivity index (χ1n) is 10.4. The molecule has 1 aliphatic rings. The number of rotatable bonds is 3. The van der Waals surface area contributed by atoms with E-state index >= 15 is 0 Å². The second-order valence-corrected chi connectivity index (χ2v) is 7.34. The molecule has 30 heavy (non-hydrogen) atoms. The predicted molar refractivity (Wildman–Crippen MR) is 120 cm³/mol. The summed E-state index contributed by atoms with van der Waals surface area (Å²) in [5, 5.41) is 0.942. The van der Waals surface area contributed by atoms with Gasteiger partial charge in [0.25, 0.3) is 5.91 Å². The van der Waals surface area contributed by atoms with E-state index in [4.69, 9.17) is 4.74 Å². The molecule has 2 heterocycles. The van der Waals surface area contributed by atoms with Crippen molar-refractivity contribution in [1.29, 1.82) is 0 Å². The number of amides is 1. The summed E-state index contributed by atoms with van der Waals surface area (Å²) in [6.45, 7) is 10.3. The van der Waals surface area contributed by atoms with Crippen molar-refractivity contribution in [3.05, 3.63) is 70.1 Å². The zero-order valence-electron chi connectivity index (χ0n) is 18.0. The van der Waals surface area contributed by atoms with Crippen LogP contribution in [-0.2, 0) is 11.2 Å². The third-order valence-electron chi connectivity index (χ3n) is 4.56. The lowest BCUT2D eigenvalue weighted by molar-refractivity contribution is 0.0306. The first-order chi connectivity index (χ1) is 14.6. The summed E-state index contributed by atoms with van der Waals surface area (Å²) >= 11 is 1.44. The molecule has 0 saturated carbocycles. The molecule has 1 saturated heterocycles. The Labute approximate surface area is 181 Å². The number of ether oxygens (including phenoxy) is 1. The first kappa shape index (κ1) is 24.0. The van der Waals surface area contributed by atoms with Crippen LogP contribution in [0.15, 0.2) is 42.5 Å². The number of carbonyl (C=O) groups excluding carboxylic acids is 1. The van der Waals surface area contributed by atoms with Crippen LogP contribution < -0.4 is 0 Å². The Hall–Kier alpha value is -2.31. The number of hydrogen-bond acceptors (Lipinski definition) is 3. The number of halogens is 2. The van der Waals surface area contributed by atoms with Gasteiger partial charge in [0.2, 0.25) is 0 Å². The topological polar surface area (TPSA) is 29.5 Å². The number of thiophene rings is 1. The Balaban J connectivity index is 0.000000757. The van der Waals surface area contributed by atoms with Gasteiger partial charge in [-0.3, -0.25) is 4.79 Å². The molecule has 0 spiro atoms. The monoisotopic (exact) mass is 433 g/mol. The summed E-state index contributed by atoms with van der Waals surface area (Å²) in [6, 6.07) is 11.3. The highest BCUT2D eigenvalue weighted by Crippen LogP contribution is 2.31. The van der Waals surface area contributed by atoms with Crippen molar-refractivity contribution >= 4 is 27.3 Å². The van der Waals surface area contributed by atoms with Gasteiger partial charge in [-0.15, -0.1) is 11.3 Å². The van der Waals surface area contributed by atoms with Crippen molar-refractivity contribution in [1.82, 2.24) is 4.90 Å². The Morgan fingerprint density at radius 3 is 2.37 bits per heavy atom. The van der Waals surface area contributed by atoms with Crippen molar-refractivity contribution in [2.24, 2.45) is 0 Å². The fourth-order valence-corrected chi connectivity index (χ4v) is 4.25. The van der Waals surface area contributed by atoms with Gasteiger partial charge >= 0.3 is 0 Å². The van der Waals surface area contributed by atoms with Crippen molar-refractivity contribution in [2.45, 2.75) is 34.1 Å². The van der Waals surface area contributed by atoms with Crippen LogP contribution >= 0.6 is 11.3 Å². The molecule has 3 aromatic rings. The molecule has 0 aliphatic carbocycles. The molecule has 0 unspecified atom stereocenters. The summed E-state index contributed by atoms with van der Waals surface area (Å²) in [4.78, 5) is 15.2. The van der Waals surface area contributed by atoms with Gasteiger partial charge in [0.15, 0.2) is 0 Å². The molecular weight excluding hydrogens is 404 g/mol. The van der Waals surface area contributed by atoms with E-state index in [0.29, 0.717) is 43.2 Å². The van der Waals surface area contributed by atoms with Gasteiger partial charge in [-0.05, 0) is 34.7 Å². The molecule has 1 aromatic heterocycles. The second kappa shape index (κ2) is 11.8. The number of fused-ring (bicyclic) bond motifs is 1. The standard InChI is InChI=1S/C20H17F2NO2S.2C2H6/c21-15-5-4-14(17(22)11-15)10-13-2-1-3-18-16(13)12-19(26-18)20(24)23-6-8-25-9-7-23;2*1-2/h1-5,11-12H,6-10H2;2*1-2H3. The van der Waals surface area contributed by atoms with Gasteiger partial charge in [0, 0.05) is 30.3 Å². The quantitative estimate of drug-likeness (QED) is 0.485. The van der Waals surface area contributed by atoms with Crippen molar-refractivity contribution in [2.75, 3.05) is 26.3 Å². The summed E-state index contributed by atoms with van der Waals surface area (Å²) in [5.74, 6) is -1.13. The van der Waals surface area contributed by atoms with E-state index in [1.54, 1.807) is 4.90 Å². The highest BCUT2D eigenvalue weighted by Gasteiger charge is 2.21. The van der Waals surface area contributed by atoms with E-state index in [1.807, 2.05) is 52.0 Å². The molecule has 2 aromatic carbocycles. The summed E-state index contributed by atoms with van der Waals surface area (Å²) < 4.78 is 33.4. The lowest BCUT2D eigenvalue weighted by Crippen LogP contribution is -2.40. The minimum Gasteiger partial charge on any atom is -0.378 e. The lowest BCUT2D eigenvalue weighted by atomic mass is 10.0. The lowest BCUT2D eigenvalue weighted by Gasteiger charge is -2.26. The minimum atomic E-state index is -0.585. The second-order valence-electron chi connectivity index (χ2n) is 6.26. The molecule has 1 fully saturated rings. The Kier molecular flexibility index (Phi) is 9.40. The molecule has 3 nitrogen and oxygen atoms in total. The third-order valence-corrected chi connectivity index (χ3v) is 5.65. The van der Waals surface area contributed by atoms with E-state index in [-0.39, 0.29) is 5.91 Å². The average Bonchev–Trinajstić information content (AvgIpc) is 3.24. The van der Waals surface area contributed by atoms with Gasteiger partial charge < -0.3 is 9.64 Å². The fraction of sp³-hybridized carbons (Fsp3) is 0.375. The number of nitrogens with zero attached hydrogens (tertiary/aromatic N) is 1. The largest absolute Gasteiger partial charge is 0.378 e. The van der Waals surface area contributed by atoms with Crippen LogP contribution in [0.1, 0.15) is 48.5 Å². The summed E-state index contributed by atoms with van der Waals surface area (Å²) in [5.41, 5.74) is 1.36. The van der Waals surface area contributed by atoms with Crippen LogP contribution in [0, 0.1) is 11.6 Å². The SMILES string of the molecule is CC.CC.O=C(c1cc2c(Cc3ccc(F)cc3F)cccc2s1)N1CCOCC1. The van der Waals surface area contributed by atoms with Crippen LogP contribution in [0.3, 0.4) is 0 Å². The zero-order valence-corrected chi connectivity index (χ0v) is 18.8. The maximum absolute atomic E-state index is 14.0. The Bertz CT molecular complexity index is 965. The normalized spacial score (nSPS) is 13.2. The smallest absolute Gasteiger partial charge is 0.264 e. The van der Waals surface area contributed by atoms with E-state index in [2.05, 4.69) is 0 Å². The molecule has 0 atom stereocenters. The van der Waals surface area contributed by atoms with Gasteiger partial charge in [-0.1, -0.05) is 45.9 Å². The molecule has 0 bridgehead atoms. The molecule has 0 radical (unpaired) electrons. The first-order valence-corrected chi connectivity index (χ1v) is 11.3. The van der Waals surface area contributed by atoms with Crippen LogP contribution in [0.5, 0.6) is 0 Å². The van der Waals surface area contributed by atoms with Crippen LogP contribution in [0.25, 0.3) is 10.1 Å². The molecule has 4 rings (SSSR count). The molecule has 6 heteroatoms. The zero-order chi connectivity index (χ0) is 22.1.